The highest BCUT2D eigenvalue weighted by atomic mass is 32.2. The molecule has 0 fully saturated rings. The summed E-state index contributed by atoms with van der Waals surface area (Å²) in [7, 11) is -6.02. The SMILES string of the molecule is C=C=C([C@H](NS(=O)(=O)c1ccc(C)cc1)c1ccc(C(F)(F)F)cc1)[Si](C)(C)C. The molecular weight excluding hydrogens is 415 g/mol. The zero-order valence-corrected chi connectivity index (χ0v) is 18.6. The lowest BCUT2D eigenvalue weighted by molar-refractivity contribution is -0.137. The second-order valence-corrected chi connectivity index (χ2v) is 14.6. The first-order chi connectivity index (χ1) is 13.3. The lowest BCUT2D eigenvalue weighted by Gasteiger charge is -2.29. The molecule has 3 nitrogen and oxygen atoms in total. The van der Waals surface area contributed by atoms with Crippen LogP contribution in [0.1, 0.15) is 22.7 Å². The maximum Gasteiger partial charge on any atom is 0.416 e. The number of halogens is 3. The molecule has 0 amide bonds. The first-order valence-electron chi connectivity index (χ1n) is 8.92. The van der Waals surface area contributed by atoms with Gasteiger partial charge in [0.05, 0.1) is 24.6 Å². The van der Waals surface area contributed by atoms with Crippen LogP contribution < -0.4 is 4.72 Å². The molecular formula is C21H24F3NO2SSi. The predicted octanol–water partition coefficient (Wildman–Crippen LogP) is 5.62. The van der Waals surface area contributed by atoms with Crippen molar-refractivity contribution in [1.82, 2.24) is 4.72 Å². The Morgan fingerprint density at radius 3 is 1.97 bits per heavy atom. The molecule has 0 unspecified atom stereocenters. The minimum Gasteiger partial charge on any atom is -0.207 e. The topological polar surface area (TPSA) is 46.2 Å². The van der Waals surface area contributed by atoms with E-state index in [-0.39, 0.29) is 4.90 Å². The molecule has 0 spiro atoms. The zero-order valence-electron chi connectivity index (χ0n) is 16.8. The Balaban J connectivity index is 2.54. The van der Waals surface area contributed by atoms with Gasteiger partial charge >= 0.3 is 6.18 Å². The van der Waals surface area contributed by atoms with Crippen molar-refractivity contribution in [1.29, 1.82) is 0 Å². The number of nitrogens with one attached hydrogen (secondary N) is 1. The molecule has 2 aromatic rings. The van der Waals surface area contributed by atoms with Gasteiger partial charge in [-0.2, -0.15) is 17.9 Å². The van der Waals surface area contributed by atoms with Crippen LogP contribution in [0.5, 0.6) is 0 Å². The number of sulfonamides is 1. The largest absolute Gasteiger partial charge is 0.416 e. The van der Waals surface area contributed by atoms with Crippen LogP contribution in [0.25, 0.3) is 0 Å². The molecule has 0 aliphatic rings. The summed E-state index contributed by atoms with van der Waals surface area (Å²) < 4.78 is 67.4. The summed E-state index contributed by atoms with van der Waals surface area (Å²) in [6.45, 7) is 11.5. The maximum atomic E-state index is 13.0. The average Bonchev–Trinajstić information content (AvgIpc) is 2.60. The van der Waals surface area contributed by atoms with Gasteiger partial charge in [-0.3, -0.25) is 0 Å². The highest BCUT2D eigenvalue weighted by Crippen LogP contribution is 2.33. The monoisotopic (exact) mass is 439 g/mol. The van der Waals surface area contributed by atoms with Crippen LogP contribution in [0.4, 0.5) is 13.2 Å². The van der Waals surface area contributed by atoms with E-state index >= 15 is 0 Å². The zero-order chi connectivity index (χ0) is 22.0. The van der Waals surface area contributed by atoms with Crippen molar-refractivity contribution in [3.63, 3.8) is 0 Å². The Bertz CT molecular complexity index is 1020. The molecule has 0 saturated heterocycles. The maximum absolute atomic E-state index is 13.0. The van der Waals surface area contributed by atoms with Gasteiger partial charge in [0.15, 0.2) is 0 Å². The molecule has 8 heteroatoms. The van der Waals surface area contributed by atoms with E-state index in [9.17, 15) is 21.6 Å². The molecule has 0 aliphatic heterocycles. The minimum absolute atomic E-state index is 0.0824. The van der Waals surface area contributed by atoms with Crippen molar-refractivity contribution in [2.75, 3.05) is 0 Å². The first kappa shape index (κ1) is 23.2. The summed E-state index contributed by atoms with van der Waals surface area (Å²) in [5.74, 6) is 0. The molecule has 2 aromatic carbocycles. The summed E-state index contributed by atoms with van der Waals surface area (Å²) in [6.07, 6.45) is -4.47. The smallest absolute Gasteiger partial charge is 0.207 e. The summed E-state index contributed by atoms with van der Waals surface area (Å²) >= 11 is 0. The molecule has 156 valence electrons. The summed E-state index contributed by atoms with van der Waals surface area (Å²) in [5, 5.41) is 0.660. The van der Waals surface area contributed by atoms with Crippen LogP contribution >= 0.6 is 0 Å². The normalized spacial score (nSPS) is 13.6. The van der Waals surface area contributed by atoms with Crippen molar-refractivity contribution >= 4 is 18.1 Å². The van der Waals surface area contributed by atoms with Gasteiger partial charge in [-0.15, -0.1) is 5.73 Å². The Morgan fingerprint density at radius 1 is 1.03 bits per heavy atom. The van der Waals surface area contributed by atoms with Crippen molar-refractivity contribution in [3.05, 3.63) is 82.7 Å². The molecule has 1 N–H and O–H groups in total. The Hall–Kier alpha value is -2.12. The van der Waals surface area contributed by atoms with E-state index in [4.69, 9.17) is 0 Å². The predicted molar refractivity (Wildman–Crippen MR) is 112 cm³/mol. The van der Waals surface area contributed by atoms with Crippen LogP contribution in [-0.4, -0.2) is 16.5 Å². The van der Waals surface area contributed by atoms with Gasteiger partial charge in [-0.1, -0.05) is 56.0 Å². The van der Waals surface area contributed by atoms with E-state index in [2.05, 4.69) is 17.0 Å². The molecule has 29 heavy (non-hydrogen) atoms. The lowest BCUT2D eigenvalue weighted by Crippen LogP contribution is -2.37. The molecule has 0 aromatic heterocycles. The number of aryl methyl sites for hydroxylation is 1. The van der Waals surface area contributed by atoms with Crippen LogP contribution in [-0.2, 0) is 16.2 Å². The fourth-order valence-electron chi connectivity index (χ4n) is 2.90. The van der Waals surface area contributed by atoms with Gasteiger partial charge in [-0.25, -0.2) is 8.42 Å². The van der Waals surface area contributed by atoms with Crippen molar-refractivity contribution in [2.45, 2.75) is 43.7 Å². The van der Waals surface area contributed by atoms with Crippen LogP contribution in [0, 0.1) is 6.92 Å². The molecule has 0 heterocycles. The van der Waals surface area contributed by atoms with Gasteiger partial charge in [0.2, 0.25) is 10.0 Å². The number of benzene rings is 2. The molecule has 0 bridgehead atoms. The van der Waals surface area contributed by atoms with Gasteiger partial charge < -0.3 is 0 Å². The molecule has 1 atom stereocenters. The fourth-order valence-corrected chi connectivity index (χ4v) is 5.83. The molecule has 2 rings (SSSR count). The van der Waals surface area contributed by atoms with E-state index in [0.29, 0.717) is 10.8 Å². The number of alkyl halides is 3. The third-order valence-corrected chi connectivity index (χ3v) is 7.98. The van der Waals surface area contributed by atoms with E-state index in [1.807, 2.05) is 26.6 Å². The van der Waals surface area contributed by atoms with Crippen molar-refractivity contribution in [2.24, 2.45) is 0 Å². The van der Waals surface area contributed by atoms with E-state index in [1.54, 1.807) is 12.1 Å². The quantitative estimate of drug-likeness (QED) is 0.469. The highest BCUT2D eigenvalue weighted by Gasteiger charge is 2.34. The Morgan fingerprint density at radius 2 is 1.55 bits per heavy atom. The second-order valence-electron chi connectivity index (χ2n) is 7.83. The van der Waals surface area contributed by atoms with Crippen LogP contribution in [0.3, 0.4) is 0 Å². The fraction of sp³-hybridized carbons (Fsp3) is 0.286. The Labute approximate surface area is 171 Å². The first-order valence-corrected chi connectivity index (χ1v) is 13.9. The van der Waals surface area contributed by atoms with E-state index < -0.39 is 35.9 Å². The summed E-state index contributed by atoms with van der Waals surface area (Å²) in [5.41, 5.74) is 3.37. The van der Waals surface area contributed by atoms with E-state index in [0.717, 1.165) is 17.7 Å². The second kappa shape index (κ2) is 8.32. The molecule has 0 aliphatic carbocycles. The van der Waals surface area contributed by atoms with Gasteiger partial charge in [0.25, 0.3) is 0 Å². The highest BCUT2D eigenvalue weighted by molar-refractivity contribution is 7.89. The molecule has 0 saturated carbocycles. The van der Waals surface area contributed by atoms with Crippen molar-refractivity contribution < 1.29 is 21.6 Å². The number of rotatable bonds is 6. The Kier molecular flexibility index (Phi) is 6.64. The lowest BCUT2D eigenvalue weighted by atomic mass is 10.0. The van der Waals surface area contributed by atoms with Crippen LogP contribution in [0.2, 0.25) is 19.6 Å². The van der Waals surface area contributed by atoms with E-state index in [1.165, 1.54) is 24.3 Å². The van der Waals surface area contributed by atoms with Crippen LogP contribution in [0.15, 0.2) is 70.9 Å². The number of hydrogen-bond acceptors (Lipinski definition) is 2. The standard InChI is InChI=1S/C21H24F3NO2SSi/c1-6-19(29(3,4)5)20(16-9-11-17(12-10-16)21(22,23)24)25-28(26,27)18-13-7-15(2)8-14-18/h7-14,20,25H,1H2,2-5H3/t20-/m1/s1. The van der Waals surface area contributed by atoms with Gasteiger partial charge in [0.1, 0.15) is 0 Å². The summed E-state index contributed by atoms with van der Waals surface area (Å²) in [6, 6.07) is 9.99. The van der Waals surface area contributed by atoms with Gasteiger partial charge in [0, 0.05) is 0 Å². The minimum atomic E-state index is -4.47. The summed E-state index contributed by atoms with van der Waals surface area (Å²) in [4.78, 5) is 0.0824. The third-order valence-electron chi connectivity index (χ3n) is 4.46. The molecule has 0 radical (unpaired) electrons. The van der Waals surface area contributed by atoms with Gasteiger partial charge in [-0.05, 0) is 41.9 Å². The number of hydrogen-bond donors (Lipinski definition) is 1. The third kappa shape index (κ3) is 5.70. The average molecular weight is 440 g/mol. The van der Waals surface area contributed by atoms with Crippen molar-refractivity contribution in [3.8, 4) is 0 Å².